The highest BCUT2D eigenvalue weighted by Crippen LogP contribution is 2.18. The lowest BCUT2D eigenvalue weighted by Crippen LogP contribution is -2.43. The van der Waals surface area contributed by atoms with E-state index < -0.39 is 10.0 Å². The van der Waals surface area contributed by atoms with Crippen molar-refractivity contribution >= 4 is 15.9 Å². The van der Waals surface area contributed by atoms with Crippen molar-refractivity contribution in [2.24, 2.45) is 5.92 Å². The lowest BCUT2D eigenvalue weighted by Gasteiger charge is -2.32. The number of furan rings is 1. The van der Waals surface area contributed by atoms with Crippen LogP contribution in [0.4, 0.5) is 0 Å². The Kier molecular flexibility index (Phi) is 4.26. The smallest absolute Gasteiger partial charge is 0.257 e. The van der Waals surface area contributed by atoms with Crippen molar-refractivity contribution in [3.8, 4) is 0 Å². The molecular weight excluding hydrogens is 268 g/mol. The lowest BCUT2D eigenvalue weighted by atomic mass is 9.98. The van der Waals surface area contributed by atoms with E-state index in [1.807, 2.05) is 0 Å². The maximum absolute atomic E-state index is 12.1. The van der Waals surface area contributed by atoms with Crippen LogP contribution in [0.1, 0.15) is 23.2 Å². The van der Waals surface area contributed by atoms with Crippen LogP contribution in [0, 0.1) is 5.92 Å². The summed E-state index contributed by atoms with van der Waals surface area (Å²) in [5, 5.41) is 0. The normalized spacial score (nSPS) is 20.5. The molecule has 0 aromatic carbocycles. The number of likely N-dealkylation sites (tertiary alicyclic amines) is 1. The Hall–Kier alpha value is -1.34. The Bertz CT molecular complexity index is 524. The number of rotatable bonds is 4. The molecule has 0 saturated carbocycles. The largest absolute Gasteiger partial charge is 0.472 e. The summed E-state index contributed by atoms with van der Waals surface area (Å²) in [5.74, 6) is 0.108. The van der Waals surface area contributed by atoms with E-state index in [9.17, 15) is 13.2 Å². The fourth-order valence-electron chi connectivity index (χ4n) is 2.25. The summed E-state index contributed by atoms with van der Waals surface area (Å²) in [6.45, 7) is 1.67. The second kappa shape index (κ2) is 5.75. The first-order valence-electron chi connectivity index (χ1n) is 6.22. The molecule has 1 aliphatic rings. The first-order chi connectivity index (χ1) is 8.96. The van der Waals surface area contributed by atoms with E-state index in [0.29, 0.717) is 25.2 Å². The minimum absolute atomic E-state index is 0.0576. The van der Waals surface area contributed by atoms with Crippen molar-refractivity contribution in [3.05, 3.63) is 24.2 Å². The van der Waals surface area contributed by atoms with Gasteiger partial charge in [0.15, 0.2) is 0 Å². The number of piperidine rings is 1. The van der Waals surface area contributed by atoms with Crippen LogP contribution in [0.3, 0.4) is 0 Å². The molecule has 1 saturated heterocycles. The highest BCUT2D eigenvalue weighted by molar-refractivity contribution is 7.88. The maximum Gasteiger partial charge on any atom is 0.257 e. The fourth-order valence-corrected chi connectivity index (χ4v) is 2.79. The van der Waals surface area contributed by atoms with Crippen LogP contribution in [0.2, 0.25) is 0 Å². The predicted molar refractivity (Wildman–Crippen MR) is 70.2 cm³/mol. The molecule has 1 fully saturated rings. The number of nitrogens with one attached hydrogen (secondary N) is 1. The van der Waals surface area contributed by atoms with Crippen molar-refractivity contribution in [3.63, 3.8) is 0 Å². The highest BCUT2D eigenvalue weighted by Gasteiger charge is 2.25. The second-order valence-corrected chi connectivity index (χ2v) is 6.73. The number of hydrogen-bond donors (Lipinski definition) is 1. The monoisotopic (exact) mass is 286 g/mol. The van der Waals surface area contributed by atoms with Gasteiger partial charge in [0.05, 0.1) is 18.1 Å². The minimum atomic E-state index is -3.17. The average Bonchev–Trinajstić information content (AvgIpc) is 2.89. The molecule has 1 aromatic heterocycles. The second-order valence-electron chi connectivity index (χ2n) is 4.89. The van der Waals surface area contributed by atoms with Crippen molar-refractivity contribution in [2.75, 3.05) is 25.9 Å². The van der Waals surface area contributed by atoms with Crippen LogP contribution >= 0.6 is 0 Å². The first kappa shape index (κ1) is 14.1. The third-order valence-electron chi connectivity index (χ3n) is 3.21. The lowest BCUT2D eigenvalue weighted by molar-refractivity contribution is 0.0675. The van der Waals surface area contributed by atoms with Gasteiger partial charge in [-0.1, -0.05) is 0 Å². The standard InChI is InChI=1S/C12H18N2O4S/c1-19(16,17)13-7-10-3-2-5-14(8-10)12(15)11-4-6-18-9-11/h4,6,9-10,13H,2-3,5,7-8H2,1H3/t10-/m1/s1. The molecule has 106 valence electrons. The SMILES string of the molecule is CS(=O)(=O)NC[C@H]1CCCN(C(=O)c2ccoc2)C1. The summed E-state index contributed by atoms with van der Waals surface area (Å²) in [5.41, 5.74) is 0.539. The van der Waals surface area contributed by atoms with E-state index >= 15 is 0 Å². The third-order valence-corrected chi connectivity index (χ3v) is 3.90. The van der Waals surface area contributed by atoms with Crippen LogP contribution in [0.5, 0.6) is 0 Å². The van der Waals surface area contributed by atoms with Gasteiger partial charge < -0.3 is 9.32 Å². The molecule has 1 N–H and O–H groups in total. The van der Waals surface area contributed by atoms with E-state index in [4.69, 9.17) is 4.42 Å². The molecule has 0 radical (unpaired) electrons. The van der Waals surface area contributed by atoms with Crippen molar-refractivity contribution in [2.45, 2.75) is 12.8 Å². The van der Waals surface area contributed by atoms with Gasteiger partial charge in [-0.3, -0.25) is 4.79 Å². The summed E-state index contributed by atoms with van der Waals surface area (Å²) in [6.07, 6.45) is 5.86. The van der Waals surface area contributed by atoms with Gasteiger partial charge in [-0.2, -0.15) is 0 Å². The Morgan fingerprint density at radius 3 is 3.00 bits per heavy atom. The van der Waals surface area contributed by atoms with Gasteiger partial charge in [-0.15, -0.1) is 0 Å². The van der Waals surface area contributed by atoms with Crippen molar-refractivity contribution < 1.29 is 17.6 Å². The molecular formula is C12H18N2O4S. The number of carbonyl (C=O) groups is 1. The van der Waals surface area contributed by atoms with Gasteiger partial charge in [0, 0.05) is 19.6 Å². The number of sulfonamides is 1. The molecule has 6 nitrogen and oxygen atoms in total. The zero-order valence-corrected chi connectivity index (χ0v) is 11.6. The predicted octanol–water partition coefficient (Wildman–Crippen LogP) is 0.681. The number of hydrogen-bond acceptors (Lipinski definition) is 4. The molecule has 1 atom stereocenters. The van der Waals surface area contributed by atoms with E-state index in [2.05, 4.69) is 4.72 Å². The fraction of sp³-hybridized carbons (Fsp3) is 0.583. The molecule has 2 heterocycles. The molecule has 0 spiro atoms. The maximum atomic E-state index is 12.1. The number of nitrogens with zero attached hydrogens (tertiary/aromatic N) is 1. The van der Waals surface area contributed by atoms with Gasteiger partial charge in [0.1, 0.15) is 6.26 Å². The van der Waals surface area contributed by atoms with Gasteiger partial charge in [0.25, 0.3) is 5.91 Å². The Labute approximate surface area is 112 Å². The van der Waals surface area contributed by atoms with Gasteiger partial charge in [-0.05, 0) is 24.8 Å². The molecule has 1 aromatic rings. The zero-order chi connectivity index (χ0) is 13.9. The quantitative estimate of drug-likeness (QED) is 0.882. The molecule has 0 aliphatic carbocycles. The topological polar surface area (TPSA) is 79.6 Å². The van der Waals surface area contributed by atoms with Gasteiger partial charge >= 0.3 is 0 Å². The van der Waals surface area contributed by atoms with Crippen LogP contribution in [-0.2, 0) is 10.0 Å². The third kappa shape index (κ3) is 4.07. The van der Waals surface area contributed by atoms with E-state index in [0.717, 1.165) is 19.1 Å². The molecule has 0 bridgehead atoms. The number of amides is 1. The summed E-state index contributed by atoms with van der Waals surface area (Å²) in [4.78, 5) is 13.9. The van der Waals surface area contributed by atoms with E-state index in [-0.39, 0.29) is 11.8 Å². The summed E-state index contributed by atoms with van der Waals surface area (Å²) < 4.78 is 29.6. The summed E-state index contributed by atoms with van der Waals surface area (Å²) in [6, 6.07) is 1.64. The zero-order valence-electron chi connectivity index (χ0n) is 10.8. The van der Waals surface area contributed by atoms with Crippen molar-refractivity contribution in [1.29, 1.82) is 0 Å². The molecule has 1 amide bonds. The Morgan fingerprint density at radius 1 is 1.58 bits per heavy atom. The van der Waals surface area contributed by atoms with Crippen LogP contribution in [-0.4, -0.2) is 45.1 Å². The average molecular weight is 286 g/mol. The van der Waals surface area contributed by atoms with Crippen LogP contribution in [0.25, 0.3) is 0 Å². The molecule has 1 aliphatic heterocycles. The van der Waals surface area contributed by atoms with Gasteiger partial charge in [-0.25, -0.2) is 13.1 Å². The van der Waals surface area contributed by atoms with Gasteiger partial charge in [0.2, 0.25) is 10.0 Å². The number of carbonyl (C=O) groups excluding carboxylic acids is 1. The van der Waals surface area contributed by atoms with Crippen molar-refractivity contribution in [1.82, 2.24) is 9.62 Å². The summed E-state index contributed by atoms with van der Waals surface area (Å²) >= 11 is 0. The van der Waals surface area contributed by atoms with Crippen LogP contribution in [0.15, 0.2) is 23.0 Å². The van der Waals surface area contributed by atoms with E-state index in [1.54, 1.807) is 11.0 Å². The first-order valence-corrected chi connectivity index (χ1v) is 8.11. The van der Waals surface area contributed by atoms with E-state index in [1.165, 1.54) is 12.5 Å². The Morgan fingerprint density at radius 2 is 2.37 bits per heavy atom. The minimum Gasteiger partial charge on any atom is -0.472 e. The highest BCUT2D eigenvalue weighted by atomic mass is 32.2. The molecule has 7 heteroatoms. The summed E-state index contributed by atoms with van der Waals surface area (Å²) in [7, 11) is -3.17. The Balaban J connectivity index is 1.92. The van der Waals surface area contributed by atoms with Crippen LogP contribution < -0.4 is 4.72 Å². The molecule has 19 heavy (non-hydrogen) atoms. The molecule has 0 unspecified atom stereocenters. The molecule has 2 rings (SSSR count).